The van der Waals surface area contributed by atoms with Crippen molar-refractivity contribution < 1.29 is 19.6 Å². The van der Waals surface area contributed by atoms with Crippen molar-refractivity contribution in [3.63, 3.8) is 0 Å². The zero-order valence-corrected chi connectivity index (χ0v) is 14.6. The van der Waals surface area contributed by atoms with Gasteiger partial charge in [-0.25, -0.2) is 0 Å². The summed E-state index contributed by atoms with van der Waals surface area (Å²) < 4.78 is 5.25. The van der Waals surface area contributed by atoms with E-state index in [0.29, 0.717) is 23.9 Å². The van der Waals surface area contributed by atoms with Crippen LogP contribution in [0.3, 0.4) is 0 Å². The summed E-state index contributed by atoms with van der Waals surface area (Å²) in [4.78, 5) is 12.8. The highest BCUT2D eigenvalue weighted by Crippen LogP contribution is 2.47. The first-order chi connectivity index (χ1) is 12.2. The zero-order chi connectivity index (χ0) is 17.1. The average molecular weight is 360 g/mol. The highest BCUT2D eigenvalue weighted by atomic mass is 35.5. The van der Waals surface area contributed by atoms with E-state index in [0.717, 1.165) is 41.8 Å². The van der Waals surface area contributed by atoms with Gasteiger partial charge in [-0.15, -0.1) is 0 Å². The van der Waals surface area contributed by atoms with Crippen LogP contribution in [0.4, 0.5) is 0 Å². The largest absolute Gasteiger partial charge is 0.504 e. The van der Waals surface area contributed by atoms with Crippen molar-refractivity contribution in [1.29, 1.82) is 0 Å². The maximum Gasteiger partial charge on any atom is 0.171 e. The summed E-state index contributed by atoms with van der Waals surface area (Å²) in [6, 6.07) is 6.25. The molecule has 0 aromatic heterocycles. The number of hydrogen-bond donors (Lipinski definition) is 1. The van der Waals surface area contributed by atoms with Crippen molar-refractivity contribution in [2.45, 2.75) is 32.0 Å². The summed E-state index contributed by atoms with van der Waals surface area (Å²) in [5, 5.41) is 11.2. The van der Waals surface area contributed by atoms with Gasteiger partial charge in [0.15, 0.2) is 17.2 Å². The standard InChI is InChI=1S/C19H18ClNO4/c1-23-18-7-15(20)13-5-16-12-6-17-11(9-24-25-17)4-10(12)2-3-21(16)8-14(13)19(18)22/h4,6-7,16,22H,2-3,5,8-9H2,1H3. The third kappa shape index (κ3) is 2.23. The van der Waals surface area contributed by atoms with Crippen molar-refractivity contribution in [3.8, 4) is 17.2 Å². The molecule has 1 unspecified atom stereocenters. The van der Waals surface area contributed by atoms with Gasteiger partial charge in [0.2, 0.25) is 0 Å². The molecule has 3 aliphatic heterocycles. The smallest absolute Gasteiger partial charge is 0.171 e. The fraction of sp³-hybridized carbons (Fsp3) is 0.368. The molecule has 6 heteroatoms. The Bertz CT molecular complexity index is 882. The zero-order valence-electron chi connectivity index (χ0n) is 13.8. The van der Waals surface area contributed by atoms with Crippen LogP contribution >= 0.6 is 11.6 Å². The van der Waals surface area contributed by atoms with Crippen molar-refractivity contribution in [1.82, 2.24) is 4.90 Å². The lowest BCUT2D eigenvalue weighted by molar-refractivity contribution is -0.194. The van der Waals surface area contributed by atoms with Crippen molar-refractivity contribution in [2.75, 3.05) is 13.7 Å². The Morgan fingerprint density at radius 2 is 2.12 bits per heavy atom. The minimum Gasteiger partial charge on any atom is -0.504 e. The minimum absolute atomic E-state index is 0.205. The van der Waals surface area contributed by atoms with Crippen LogP contribution in [-0.2, 0) is 30.9 Å². The Kier molecular flexibility index (Phi) is 3.39. The second-order valence-corrected chi connectivity index (χ2v) is 7.22. The molecular weight excluding hydrogens is 342 g/mol. The molecule has 3 heterocycles. The Labute approximate surface area is 150 Å². The second-order valence-electron chi connectivity index (χ2n) is 6.81. The van der Waals surface area contributed by atoms with Crippen LogP contribution in [0.2, 0.25) is 5.02 Å². The van der Waals surface area contributed by atoms with Gasteiger partial charge in [-0.1, -0.05) is 11.6 Å². The lowest BCUT2D eigenvalue weighted by Gasteiger charge is -2.42. The average Bonchev–Trinajstić information content (AvgIpc) is 3.09. The topological polar surface area (TPSA) is 51.2 Å². The first-order valence-corrected chi connectivity index (χ1v) is 8.80. The van der Waals surface area contributed by atoms with Gasteiger partial charge in [0.1, 0.15) is 6.61 Å². The van der Waals surface area contributed by atoms with Crippen LogP contribution in [-0.4, -0.2) is 23.7 Å². The van der Waals surface area contributed by atoms with E-state index >= 15 is 0 Å². The van der Waals surface area contributed by atoms with Crippen molar-refractivity contribution in [2.24, 2.45) is 0 Å². The van der Waals surface area contributed by atoms with Crippen molar-refractivity contribution in [3.05, 3.63) is 51.0 Å². The molecular formula is C19H18ClNO4. The molecule has 3 aliphatic rings. The molecule has 2 aromatic carbocycles. The molecule has 0 amide bonds. The molecule has 130 valence electrons. The summed E-state index contributed by atoms with van der Waals surface area (Å²) in [6.07, 6.45) is 1.74. The molecule has 1 atom stereocenters. The third-order valence-corrected chi connectivity index (χ3v) is 5.90. The molecule has 0 spiro atoms. The fourth-order valence-electron chi connectivity index (χ4n) is 4.26. The van der Waals surface area contributed by atoms with E-state index in [4.69, 9.17) is 26.1 Å². The van der Waals surface area contributed by atoms with E-state index in [2.05, 4.69) is 17.0 Å². The Balaban J connectivity index is 1.60. The van der Waals surface area contributed by atoms with E-state index in [-0.39, 0.29) is 11.8 Å². The fourth-order valence-corrected chi connectivity index (χ4v) is 4.55. The highest BCUT2D eigenvalue weighted by Gasteiger charge is 2.36. The van der Waals surface area contributed by atoms with E-state index in [1.807, 2.05) is 0 Å². The van der Waals surface area contributed by atoms with Gasteiger partial charge < -0.3 is 14.7 Å². The summed E-state index contributed by atoms with van der Waals surface area (Å²) in [5.74, 6) is 1.45. The van der Waals surface area contributed by atoms with E-state index in [9.17, 15) is 5.11 Å². The number of nitrogens with zero attached hydrogens (tertiary/aromatic N) is 1. The van der Waals surface area contributed by atoms with E-state index < -0.39 is 0 Å². The van der Waals surface area contributed by atoms with Gasteiger partial charge in [0, 0.05) is 41.3 Å². The Hall–Kier alpha value is -1.95. The third-order valence-electron chi connectivity index (χ3n) is 5.56. The van der Waals surface area contributed by atoms with Crippen LogP contribution < -0.4 is 9.62 Å². The van der Waals surface area contributed by atoms with Crippen LogP contribution in [0, 0.1) is 0 Å². The number of ether oxygens (including phenoxy) is 1. The maximum absolute atomic E-state index is 10.5. The summed E-state index contributed by atoms with van der Waals surface area (Å²) in [5.41, 5.74) is 5.62. The highest BCUT2D eigenvalue weighted by molar-refractivity contribution is 6.31. The number of fused-ring (bicyclic) bond motifs is 5. The van der Waals surface area contributed by atoms with Crippen LogP contribution in [0.25, 0.3) is 0 Å². The Morgan fingerprint density at radius 1 is 1.24 bits per heavy atom. The van der Waals surface area contributed by atoms with Gasteiger partial charge in [-0.05, 0) is 41.7 Å². The predicted molar refractivity (Wildman–Crippen MR) is 92.1 cm³/mol. The van der Waals surface area contributed by atoms with Gasteiger partial charge in [-0.2, -0.15) is 4.89 Å². The minimum atomic E-state index is 0.205. The quantitative estimate of drug-likeness (QED) is 0.789. The predicted octanol–water partition coefficient (Wildman–Crippen LogP) is 3.53. The number of rotatable bonds is 1. The molecule has 5 nitrogen and oxygen atoms in total. The van der Waals surface area contributed by atoms with Crippen LogP contribution in [0.1, 0.15) is 33.9 Å². The van der Waals surface area contributed by atoms with Crippen LogP contribution in [0.15, 0.2) is 18.2 Å². The monoisotopic (exact) mass is 359 g/mol. The number of methoxy groups -OCH3 is 1. The number of phenolic OH excluding ortho intramolecular Hbond substituents is 1. The first kappa shape index (κ1) is 15.3. The van der Waals surface area contributed by atoms with Gasteiger partial charge in [0.25, 0.3) is 0 Å². The molecule has 0 aliphatic carbocycles. The summed E-state index contributed by atoms with van der Waals surface area (Å²) >= 11 is 6.50. The molecule has 0 saturated carbocycles. The molecule has 0 bridgehead atoms. The molecule has 0 saturated heterocycles. The molecule has 1 N–H and O–H groups in total. The van der Waals surface area contributed by atoms with E-state index in [1.54, 1.807) is 13.2 Å². The lowest BCUT2D eigenvalue weighted by Crippen LogP contribution is -2.39. The maximum atomic E-state index is 10.5. The van der Waals surface area contributed by atoms with E-state index in [1.165, 1.54) is 11.1 Å². The van der Waals surface area contributed by atoms with Crippen LogP contribution in [0.5, 0.6) is 17.2 Å². The number of halogens is 1. The summed E-state index contributed by atoms with van der Waals surface area (Å²) in [6.45, 7) is 2.13. The second kappa shape index (κ2) is 5.53. The van der Waals surface area contributed by atoms with Crippen molar-refractivity contribution >= 4 is 11.6 Å². The Morgan fingerprint density at radius 3 is 2.96 bits per heavy atom. The molecule has 5 rings (SSSR count). The first-order valence-electron chi connectivity index (χ1n) is 8.42. The van der Waals surface area contributed by atoms with Gasteiger partial charge in [-0.3, -0.25) is 4.90 Å². The van der Waals surface area contributed by atoms with Gasteiger partial charge in [0.05, 0.1) is 7.11 Å². The number of phenols is 1. The normalized spacial score (nSPS) is 21.0. The molecule has 25 heavy (non-hydrogen) atoms. The number of benzene rings is 2. The summed E-state index contributed by atoms with van der Waals surface area (Å²) in [7, 11) is 1.54. The molecule has 2 aromatic rings. The SMILES string of the molecule is COc1cc(Cl)c2c(c1O)CN1CCc3cc4c(cc3C1C2)OOC4. The molecule has 0 radical (unpaired) electrons. The van der Waals surface area contributed by atoms with Gasteiger partial charge >= 0.3 is 0 Å². The molecule has 0 fully saturated rings. The lowest BCUT2D eigenvalue weighted by atomic mass is 9.83. The number of hydrogen-bond acceptors (Lipinski definition) is 5. The number of aromatic hydroxyl groups is 1.